The summed E-state index contributed by atoms with van der Waals surface area (Å²) in [6.45, 7) is 5.10. The number of nitrogens with one attached hydrogen (secondary N) is 2. The lowest BCUT2D eigenvalue weighted by atomic mass is 10.1. The highest BCUT2D eigenvalue weighted by Crippen LogP contribution is 2.29. The molecule has 2 aromatic heterocycles. The molecule has 1 aliphatic rings. The Morgan fingerprint density at radius 1 is 1.33 bits per heavy atom. The second kappa shape index (κ2) is 9.24. The SMILES string of the molecule is Cc1nc(NC(=O)NCC(C)OCC2CC2)sc1C#Cc1ccc2ncccc2c1. The van der Waals surface area contributed by atoms with Gasteiger partial charge in [-0.25, -0.2) is 9.78 Å². The molecule has 0 aliphatic heterocycles. The minimum absolute atomic E-state index is 0.00652. The quantitative estimate of drug-likeness (QED) is 0.582. The molecule has 0 saturated heterocycles. The van der Waals surface area contributed by atoms with Gasteiger partial charge in [0.05, 0.1) is 17.3 Å². The number of hydrogen-bond donors (Lipinski definition) is 2. The number of thiazole rings is 1. The first-order chi connectivity index (χ1) is 14.6. The van der Waals surface area contributed by atoms with Crippen molar-refractivity contribution in [3.05, 3.63) is 52.7 Å². The molecule has 1 aliphatic carbocycles. The van der Waals surface area contributed by atoms with Crippen molar-refractivity contribution in [3.63, 3.8) is 0 Å². The predicted molar refractivity (Wildman–Crippen MR) is 120 cm³/mol. The molecule has 0 radical (unpaired) electrons. The van der Waals surface area contributed by atoms with E-state index in [0.717, 1.165) is 33.6 Å². The van der Waals surface area contributed by atoms with Crippen molar-refractivity contribution in [2.75, 3.05) is 18.5 Å². The molecule has 4 rings (SSSR count). The van der Waals surface area contributed by atoms with E-state index in [4.69, 9.17) is 4.74 Å². The van der Waals surface area contributed by atoms with Crippen LogP contribution in [0.5, 0.6) is 0 Å². The maximum absolute atomic E-state index is 12.1. The number of benzene rings is 1. The molecule has 0 bridgehead atoms. The molecule has 1 aromatic carbocycles. The van der Waals surface area contributed by atoms with Crippen molar-refractivity contribution in [1.29, 1.82) is 0 Å². The number of aryl methyl sites for hydroxylation is 1. The van der Waals surface area contributed by atoms with Crippen LogP contribution in [0, 0.1) is 24.7 Å². The smallest absolute Gasteiger partial charge is 0.321 e. The summed E-state index contributed by atoms with van der Waals surface area (Å²) in [6, 6.07) is 9.58. The number of rotatable bonds is 6. The molecule has 0 spiro atoms. The number of fused-ring (bicyclic) bond motifs is 1. The molecule has 154 valence electrons. The van der Waals surface area contributed by atoms with Crippen LogP contribution in [0.2, 0.25) is 0 Å². The second-order valence-corrected chi connectivity index (χ2v) is 8.52. The van der Waals surface area contributed by atoms with Crippen LogP contribution >= 0.6 is 11.3 Å². The lowest BCUT2D eigenvalue weighted by molar-refractivity contribution is 0.0601. The highest BCUT2D eigenvalue weighted by Gasteiger charge is 2.22. The molecule has 3 aromatic rings. The van der Waals surface area contributed by atoms with Crippen LogP contribution in [0.15, 0.2) is 36.5 Å². The van der Waals surface area contributed by atoms with Gasteiger partial charge >= 0.3 is 6.03 Å². The first-order valence-corrected chi connectivity index (χ1v) is 10.9. The highest BCUT2D eigenvalue weighted by molar-refractivity contribution is 7.16. The monoisotopic (exact) mass is 420 g/mol. The Kier molecular flexibility index (Phi) is 6.26. The summed E-state index contributed by atoms with van der Waals surface area (Å²) in [6.07, 6.45) is 4.29. The third kappa shape index (κ3) is 5.56. The topological polar surface area (TPSA) is 76.1 Å². The van der Waals surface area contributed by atoms with E-state index in [1.165, 1.54) is 24.2 Å². The number of urea groups is 1. The average Bonchev–Trinajstić information content (AvgIpc) is 3.51. The van der Waals surface area contributed by atoms with Crippen molar-refractivity contribution in [1.82, 2.24) is 15.3 Å². The molecule has 1 saturated carbocycles. The second-order valence-electron chi connectivity index (χ2n) is 7.52. The standard InChI is InChI=1S/C23H24N4O2S/c1-15(29-14-18-5-6-18)13-25-22(28)27-23-26-16(2)21(30-23)10-8-17-7-9-20-19(12-17)4-3-11-24-20/h3-4,7,9,11-12,15,18H,5-6,13-14H2,1-2H3,(H2,25,26,27,28). The minimum Gasteiger partial charge on any atom is -0.376 e. The van der Waals surface area contributed by atoms with Crippen molar-refractivity contribution >= 4 is 33.4 Å². The molecule has 2 N–H and O–H groups in total. The van der Waals surface area contributed by atoms with Gasteiger partial charge in [0.15, 0.2) is 5.13 Å². The van der Waals surface area contributed by atoms with Gasteiger partial charge in [0.2, 0.25) is 0 Å². The molecule has 2 heterocycles. The Balaban J connectivity index is 1.33. The van der Waals surface area contributed by atoms with Gasteiger partial charge in [-0.3, -0.25) is 10.3 Å². The van der Waals surface area contributed by atoms with E-state index in [2.05, 4.69) is 32.4 Å². The fourth-order valence-corrected chi connectivity index (χ4v) is 3.68. The summed E-state index contributed by atoms with van der Waals surface area (Å²) in [5.41, 5.74) is 2.66. The zero-order chi connectivity index (χ0) is 20.9. The van der Waals surface area contributed by atoms with Gasteiger partial charge in [0, 0.05) is 30.3 Å². The Hall–Kier alpha value is -2.95. The van der Waals surface area contributed by atoms with Crippen LogP contribution in [0.25, 0.3) is 10.9 Å². The zero-order valence-electron chi connectivity index (χ0n) is 17.1. The van der Waals surface area contributed by atoms with E-state index < -0.39 is 0 Å². The van der Waals surface area contributed by atoms with E-state index in [-0.39, 0.29) is 12.1 Å². The van der Waals surface area contributed by atoms with Crippen LogP contribution in [-0.4, -0.2) is 35.3 Å². The predicted octanol–water partition coefficient (Wildman–Crippen LogP) is 4.34. The van der Waals surface area contributed by atoms with Gasteiger partial charge in [0.1, 0.15) is 4.88 Å². The highest BCUT2D eigenvalue weighted by atomic mass is 32.1. The number of anilines is 1. The fraction of sp³-hybridized carbons (Fsp3) is 0.348. The van der Waals surface area contributed by atoms with E-state index in [9.17, 15) is 4.79 Å². The molecule has 1 fully saturated rings. The lowest BCUT2D eigenvalue weighted by Crippen LogP contribution is -2.35. The summed E-state index contributed by atoms with van der Waals surface area (Å²) in [5.74, 6) is 7.05. The van der Waals surface area contributed by atoms with Crippen LogP contribution < -0.4 is 10.6 Å². The summed E-state index contributed by atoms with van der Waals surface area (Å²) in [5, 5.41) is 7.20. The van der Waals surface area contributed by atoms with Crippen LogP contribution in [0.4, 0.5) is 9.93 Å². The van der Waals surface area contributed by atoms with Crippen molar-refractivity contribution in [3.8, 4) is 11.8 Å². The largest absolute Gasteiger partial charge is 0.376 e. The number of amides is 2. The molecule has 1 atom stereocenters. The zero-order valence-corrected chi connectivity index (χ0v) is 17.9. The number of ether oxygens (including phenoxy) is 1. The Labute approximate surface area is 180 Å². The van der Waals surface area contributed by atoms with Crippen molar-refractivity contribution < 1.29 is 9.53 Å². The maximum Gasteiger partial charge on any atom is 0.321 e. The molecule has 1 unspecified atom stereocenters. The van der Waals surface area contributed by atoms with Crippen LogP contribution in [0.1, 0.15) is 35.9 Å². The van der Waals surface area contributed by atoms with Gasteiger partial charge in [-0.2, -0.15) is 0 Å². The maximum atomic E-state index is 12.1. The van der Waals surface area contributed by atoms with E-state index in [1.54, 1.807) is 6.20 Å². The average molecular weight is 421 g/mol. The summed E-state index contributed by atoms with van der Waals surface area (Å²) in [4.78, 5) is 21.7. The van der Waals surface area contributed by atoms with Gasteiger partial charge in [0.25, 0.3) is 0 Å². The normalized spacial score (nSPS) is 14.1. The van der Waals surface area contributed by atoms with Gasteiger partial charge < -0.3 is 10.1 Å². The van der Waals surface area contributed by atoms with Gasteiger partial charge in [-0.1, -0.05) is 23.3 Å². The molecular weight excluding hydrogens is 396 g/mol. The number of pyridine rings is 1. The number of aromatic nitrogens is 2. The molecule has 2 amide bonds. The minimum atomic E-state index is -0.285. The summed E-state index contributed by atoms with van der Waals surface area (Å²) >= 11 is 1.37. The fourth-order valence-electron chi connectivity index (χ4n) is 2.87. The van der Waals surface area contributed by atoms with Gasteiger partial charge in [-0.05, 0) is 62.8 Å². The first kappa shape index (κ1) is 20.3. The Morgan fingerprint density at radius 2 is 2.20 bits per heavy atom. The van der Waals surface area contributed by atoms with Crippen LogP contribution in [-0.2, 0) is 4.74 Å². The Bertz CT molecular complexity index is 1110. The lowest BCUT2D eigenvalue weighted by Gasteiger charge is -2.13. The van der Waals surface area contributed by atoms with Crippen LogP contribution in [0.3, 0.4) is 0 Å². The first-order valence-electron chi connectivity index (χ1n) is 10.1. The number of hydrogen-bond acceptors (Lipinski definition) is 5. The third-order valence-electron chi connectivity index (χ3n) is 4.80. The number of nitrogens with zero attached hydrogens (tertiary/aromatic N) is 2. The number of carbonyl (C=O) groups is 1. The molecule has 7 heteroatoms. The van der Waals surface area contributed by atoms with E-state index in [0.29, 0.717) is 17.6 Å². The van der Waals surface area contributed by atoms with E-state index >= 15 is 0 Å². The van der Waals surface area contributed by atoms with Crippen molar-refractivity contribution in [2.45, 2.75) is 32.8 Å². The number of carbonyl (C=O) groups excluding carboxylic acids is 1. The molecular formula is C23H24N4O2S. The summed E-state index contributed by atoms with van der Waals surface area (Å²) in [7, 11) is 0. The molecule has 30 heavy (non-hydrogen) atoms. The van der Waals surface area contributed by atoms with E-state index in [1.807, 2.05) is 44.2 Å². The van der Waals surface area contributed by atoms with Gasteiger partial charge in [-0.15, -0.1) is 0 Å². The third-order valence-corrected chi connectivity index (χ3v) is 5.79. The molecule has 6 nitrogen and oxygen atoms in total. The Morgan fingerprint density at radius 3 is 3.03 bits per heavy atom. The van der Waals surface area contributed by atoms with Crippen molar-refractivity contribution in [2.24, 2.45) is 5.92 Å². The summed E-state index contributed by atoms with van der Waals surface area (Å²) < 4.78 is 5.71.